The summed E-state index contributed by atoms with van der Waals surface area (Å²) in [7, 11) is 3.17. The van der Waals surface area contributed by atoms with Gasteiger partial charge in [0, 0.05) is 23.0 Å². The summed E-state index contributed by atoms with van der Waals surface area (Å²) in [5, 5.41) is 12.2. The number of nitrogens with zero attached hydrogens (tertiary/aromatic N) is 2. The van der Waals surface area contributed by atoms with Crippen LogP contribution in [0.15, 0.2) is 53.9 Å². The van der Waals surface area contributed by atoms with E-state index in [1.54, 1.807) is 32.4 Å². The monoisotopic (exact) mass is 444 g/mol. The molecule has 0 saturated carbocycles. The molecule has 1 amide bonds. The van der Waals surface area contributed by atoms with Crippen molar-refractivity contribution in [3.05, 3.63) is 64.5 Å². The zero-order valence-corrected chi connectivity index (χ0v) is 18.1. The van der Waals surface area contributed by atoms with Crippen LogP contribution in [-0.4, -0.2) is 36.1 Å². The molecule has 0 aliphatic heterocycles. The van der Waals surface area contributed by atoms with E-state index in [4.69, 9.17) is 16.3 Å². The summed E-state index contributed by atoms with van der Waals surface area (Å²) in [5.41, 5.74) is 2.28. The number of aliphatic carboxylic acids is 1. The van der Waals surface area contributed by atoms with Crippen LogP contribution in [-0.2, 0) is 16.0 Å². The normalized spacial score (nSPS) is 11.7. The Kier molecular flexibility index (Phi) is 7.07. The summed E-state index contributed by atoms with van der Waals surface area (Å²) in [4.78, 5) is 30.5. The predicted molar refractivity (Wildman–Crippen MR) is 118 cm³/mol. The number of benzene rings is 2. The molecule has 30 heavy (non-hydrogen) atoms. The Morgan fingerprint density at radius 1 is 1.23 bits per heavy atom. The Morgan fingerprint density at radius 3 is 2.70 bits per heavy atom. The van der Waals surface area contributed by atoms with E-state index in [1.165, 1.54) is 16.2 Å². The molecule has 0 radical (unpaired) electrons. The number of ether oxygens (including phenoxy) is 1. The molecular weight excluding hydrogens is 424 g/mol. The Labute approximate surface area is 183 Å². The SMILES string of the molecule is COc1cccc(CC(CC(=O)O)C(=O)N(C)c2nc(-c3ccccc3Cl)cs2)c1. The summed E-state index contributed by atoms with van der Waals surface area (Å²) >= 11 is 7.55. The topological polar surface area (TPSA) is 79.7 Å². The Hall–Kier alpha value is -2.90. The molecule has 1 heterocycles. The van der Waals surface area contributed by atoms with Gasteiger partial charge in [-0.25, -0.2) is 4.98 Å². The van der Waals surface area contributed by atoms with Gasteiger partial charge < -0.3 is 9.84 Å². The maximum absolute atomic E-state index is 13.1. The summed E-state index contributed by atoms with van der Waals surface area (Å²) in [6, 6.07) is 14.6. The van der Waals surface area contributed by atoms with E-state index in [2.05, 4.69) is 4.98 Å². The summed E-state index contributed by atoms with van der Waals surface area (Å²) in [6.45, 7) is 0. The molecule has 1 N–H and O–H groups in total. The predicted octanol–water partition coefficient (Wildman–Crippen LogP) is 4.77. The van der Waals surface area contributed by atoms with Crippen LogP contribution in [0.1, 0.15) is 12.0 Å². The van der Waals surface area contributed by atoms with Gasteiger partial charge >= 0.3 is 5.97 Å². The minimum atomic E-state index is -1.03. The third-order valence-corrected chi connectivity index (χ3v) is 5.89. The number of carbonyl (C=O) groups is 2. The van der Waals surface area contributed by atoms with E-state index in [1.807, 2.05) is 35.7 Å². The lowest BCUT2D eigenvalue weighted by Gasteiger charge is -2.21. The minimum Gasteiger partial charge on any atom is -0.497 e. The maximum Gasteiger partial charge on any atom is 0.304 e. The molecular formula is C22H21ClN2O4S. The van der Waals surface area contributed by atoms with Gasteiger partial charge in [0.1, 0.15) is 5.75 Å². The van der Waals surface area contributed by atoms with E-state index < -0.39 is 11.9 Å². The number of anilines is 1. The largest absolute Gasteiger partial charge is 0.497 e. The molecule has 0 aliphatic rings. The first-order valence-electron chi connectivity index (χ1n) is 9.21. The van der Waals surface area contributed by atoms with Crippen LogP contribution in [0.2, 0.25) is 5.02 Å². The molecule has 3 rings (SSSR count). The summed E-state index contributed by atoms with van der Waals surface area (Å²) in [5.74, 6) is -1.40. The van der Waals surface area contributed by atoms with E-state index in [-0.39, 0.29) is 18.7 Å². The fourth-order valence-corrected chi connectivity index (χ4v) is 4.15. The van der Waals surface area contributed by atoms with Gasteiger partial charge in [-0.15, -0.1) is 11.3 Å². The molecule has 1 aromatic heterocycles. The minimum absolute atomic E-state index is 0.275. The van der Waals surface area contributed by atoms with E-state index in [9.17, 15) is 14.7 Å². The zero-order valence-electron chi connectivity index (χ0n) is 16.5. The van der Waals surface area contributed by atoms with E-state index in [0.717, 1.165) is 11.1 Å². The molecule has 0 aliphatic carbocycles. The number of halogens is 1. The van der Waals surface area contributed by atoms with Crippen LogP contribution in [0, 0.1) is 5.92 Å². The lowest BCUT2D eigenvalue weighted by atomic mass is 9.95. The summed E-state index contributed by atoms with van der Waals surface area (Å²) in [6.07, 6.45) is 0.0124. The van der Waals surface area contributed by atoms with Crippen molar-refractivity contribution in [2.45, 2.75) is 12.8 Å². The number of carboxylic acids is 1. The fraction of sp³-hybridized carbons (Fsp3) is 0.227. The third-order valence-electron chi connectivity index (χ3n) is 4.65. The summed E-state index contributed by atoms with van der Waals surface area (Å²) < 4.78 is 5.22. The third kappa shape index (κ3) is 5.17. The van der Waals surface area contributed by atoms with Gasteiger partial charge in [-0.2, -0.15) is 0 Å². The van der Waals surface area contributed by atoms with Gasteiger partial charge in [0.2, 0.25) is 5.91 Å². The van der Waals surface area contributed by atoms with E-state index >= 15 is 0 Å². The molecule has 156 valence electrons. The molecule has 0 spiro atoms. The lowest BCUT2D eigenvalue weighted by molar-refractivity contribution is -0.140. The fourth-order valence-electron chi connectivity index (χ4n) is 3.12. The highest BCUT2D eigenvalue weighted by Crippen LogP contribution is 2.32. The van der Waals surface area contributed by atoms with E-state index in [0.29, 0.717) is 21.6 Å². The highest BCUT2D eigenvalue weighted by molar-refractivity contribution is 7.14. The van der Waals surface area contributed by atoms with Crippen molar-refractivity contribution in [1.82, 2.24) is 4.98 Å². The molecule has 2 aromatic carbocycles. The van der Waals surface area contributed by atoms with Gasteiger partial charge in [0.05, 0.1) is 25.1 Å². The zero-order chi connectivity index (χ0) is 21.7. The van der Waals surface area contributed by atoms with Crippen molar-refractivity contribution in [2.24, 2.45) is 5.92 Å². The molecule has 1 atom stereocenters. The average Bonchev–Trinajstić information content (AvgIpc) is 3.22. The van der Waals surface area contributed by atoms with Crippen LogP contribution in [0.5, 0.6) is 5.75 Å². The van der Waals surface area contributed by atoms with Crippen molar-refractivity contribution in [2.75, 3.05) is 19.1 Å². The van der Waals surface area contributed by atoms with Gasteiger partial charge in [-0.3, -0.25) is 14.5 Å². The van der Waals surface area contributed by atoms with Crippen molar-refractivity contribution in [3.8, 4) is 17.0 Å². The van der Waals surface area contributed by atoms with Gasteiger partial charge in [0.25, 0.3) is 0 Å². The number of rotatable bonds is 8. The molecule has 0 bridgehead atoms. The van der Waals surface area contributed by atoms with Crippen LogP contribution < -0.4 is 9.64 Å². The Bertz CT molecular complexity index is 1050. The standard InChI is InChI=1S/C22H21ClN2O4S/c1-25(22-24-19(13-30-22)17-8-3-4-9-18(17)23)21(28)15(12-20(26)27)10-14-6-5-7-16(11-14)29-2/h3-9,11,13,15H,10,12H2,1-2H3,(H,26,27). The smallest absolute Gasteiger partial charge is 0.304 e. The van der Waals surface area contributed by atoms with Crippen LogP contribution in [0.25, 0.3) is 11.3 Å². The second kappa shape index (κ2) is 9.73. The number of aromatic nitrogens is 1. The van der Waals surface area contributed by atoms with Crippen molar-refractivity contribution < 1.29 is 19.4 Å². The quantitative estimate of drug-likeness (QED) is 0.541. The maximum atomic E-state index is 13.1. The number of hydrogen-bond donors (Lipinski definition) is 1. The van der Waals surface area contributed by atoms with Gasteiger partial charge in [-0.05, 0) is 30.2 Å². The molecule has 0 saturated heterocycles. The molecule has 6 nitrogen and oxygen atoms in total. The van der Waals surface area contributed by atoms with Crippen LogP contribution >= 0.6 is 22.9 Å². The first-order valence-corrected chi connectivity index (χ1v) is 10.5. The Morgan fingerprint density at radius 2 is 2.00 bits per heavy atom. The second-order valence-corrected chi connectivity index (χ2v) is 7.99. The number of carbonyl (C=O) groups excluding carboxylic acids is 1. The van der Waals surface area contributed by atoms with Crippen LogP contribution in [0.3, 0.4) is 0 Å². The molecule has 8 heteroatoms. The number of amides is 1. The number of methoxy groups -OCH3 is 1. The number of thiazole rings is 1. The average molecular weight is 445 g/mol. The van der Waals surface area contributed by atoms with Gasteiger partial charge in [0.15, 0.2) is 5.13 Å². The molecule has 0 fully saturated rings. The van der Waals surface area contributed by atoms with Crippen LogP contribution in [0.4, 0.5) is 5.13 Å². The number of hydrogen-bond acceptors (Lipinski definition) is 5. The highest BCUT2D eigenvalue weighted by Gasteiger charge is 2.27. The van der Waals surface area contributed by atoms with Crippen molar-refractivity contribution in [3.63, 3.8) is 0 Å². The second-order valence-electron chi connectivity index (χ2n) is 6.74. The van der Waals surface area contributed by atoms with Crippen molar-refractivity contribution >= 4 is 39.9 Å². The molecule has 1 unspecified atom stereocenters. The lowest BCUT2D eigenvalue weighted by Crippen LogP contribution is -2.35. The first kappa shape index (κ1) is 21.8. The Balaban J connectivity index is 1.82. The van der Waals surface area contributed by atoms with Gasteiger partial charge in [-0.1, -0.05) is 41.9 Å². The van der Waals surface area contributed by atoms with Crippen molar-refractivity contribution in [1.29, 1.82) is 0 Å². The highest BCUT2D eigenvalue weighted by atomic mass is 35.5. The number of carboxylic acid groups (broad SMARTS) is 1. The first-order chi connectivity index (χ1) is 14.4. The molecule has 3 aromatic rings.